The molecule has 1 aliphatic rings. The molecule has 2 unspecified atom stereocenters. The monoisotopic (exact) mass is 236 g/mol. The summed E-state index contributed by atoms with van der Waals surface area (Å²) < 4.78 is 5.32. The van der Waals surface area contributed by atoms with Gasteiger partial charge in [-0.3, -0.25) is 4.79 Å². The number of anilines is 1. The molecule has 2 atom stereocenters. The van der Waals surface area contributed by atoms with Gasteiger partial charge in [-0.15, -0.1) is 5.10 Å². The SMILES string of the molecule is CCNC1COCC1C(=O)Nc1cccnn1. The molecule has 0 aromatic carbocycles. The lowest BCUT2D eigenvalue weighted by molar-refractivity contribution is -0.120. The van der Waals surface area contributed by atoms with Crippen LogP contribution in [0.2, 0.25) is 0 Å². The smallest absolute Gasteiger partial charge is 0.232 e. The fraction of sp³-hybridized carbons (Fsp3) is 0.545. The normalized spacial score (nSPS) is 23.6. The molecule has 0 radical (unpaired) electrons. The van der Waals surface area contributed by atoms with Crippen LogP contribution in [0.15, 0.2) is 18.3 Å². The first-order chi connectivity index (χ1) is 8.31. The fourth-order valence-corrected chi connectivity index (χ4v) is 1.86. The Bertz CT molecular complexity index is 371. The van der Waals surface area contributed by atoms with Crippen LogP contribution >= 0.6 is 0 Å². The highest BCUT2D eigenvalue weighted by Crippen LogP contribution is 2.15. The van der Waals surface area contributed by atoms with E-state index in [9.17, 15) is 4.79 Å². The van der Waals surface area contributed by atoms with E-state index in [-0.39, 0.29) is 17.9 Å². The van der Waals surface area contributed by atoms with Crippen molar-refractivity contribution < 1.29 is 9.53 Å². The van der Waals surface area contributed by atoms with Gasteiger partial charge in [-0.25, -0.2) is 0 Å². The predicted octanol–water partition coefficient (Wildman–Crippen LogP) is 0.0396. The van der Waals surface area contributed by atoms with E-state index < -0.39 is 0 Å². The summed E-state index contributed by atoms with van der Waals surface area (Å²) in [7, 11) is 0. The van der Waals surface area contributed by atoms with Gasteiger partial charge in [-0.2, -0.15) is 5.10 Å². The third-order valence-electron chi connectivity index (χ3n) is 2.71. The molecule has 2 heterocycles. The summed E-state index contributed by atoms with van der Waals surface area (Å²) >= 11 is 0. The zero-order chi connectivity index (χ0) is 12.1. The van der Waals surface area contributed by atoms with E-state index in [0.29, 0.717) is 19.0 Å². The maximum atomic E-state index is 12.0. The lowest BCUT2D eigenvalue weighted by Crippen LogP contribution is -2.41. The molecule has 1 aromatic rings. The van der Waals surface area contributed by atoms with Crippen LogP contribution in [0.4, 0.5) is 5.82 Å². The minimum atomic E-state index is -0.169. The maximum Gasteiger partial charge on any atom is 0.232 e. The first kappa shape index (κ1) is 11.9. The second kappa shape index (κ2) is 5.70. The first-order valence-electron chi connectivity index (χ1n) is 5.71. The van der Waals surface area contributed by atoms with E-state index in [4.69, 9.17) is 4.74 Å². The molecule has 2 N–H and O–H groups in total. The van der Waals surface area contributed by atoms with Gasteiger partial charge in [0.05, 0.1) is 19.1 Å². The summed E-state index contributed by atoms with van der Waals surface area (Å²) in [6.45, 7) is 3.86. The van der Waals surface area contributed by atoms with Crippen LogP contribution in [0.1, 0.15) is 6.92 Å². The molecule has 1 amide bonds. The molecule has 6 nitrogen and oxygen atoms in total. The van der Waals surface area contributed by atoms with Gasteiger partial charge in [-0.05, 0) is 18.7 Å². The van der Waals surface area contributed by atoms with Crippen LogP contribution in [0.5, 0.6) is 0 Å². The number of aromatic nitrogens is 2. The van der Waals surface area contributed by atoms with Crippen molar-refractivity contribution in [2.75, 3.05) is 25.1 Å². The lowest BCUT2D eigenvalue weighted by Gasteiger charge is -2.17. The summed E-state index contributed by atoms with van der Waals surface area (Å²) in [5, 5.41) is 13.5. The molecule has 0 aliphatic carbocycles. The molecule has 1 aliphatic heterocycles. The first-order valence-corrected chi connectivity index (χ1v) is 5.71. The number of hydrogen-bond acceptors (Lipinski definition) is 5. The van der Waals surface area contributed by atoms with E-state index in [1.54, 1.807) is 18.3 Å². The number of ether oxygens (including phenoxy) is 1. The highest BCUT2D eigenvalue weighted by Gasteiger charge is 2.33. The standard InChI is InChI=1S/C11H16N4O2/c1-2-12-9-7-17-6-8(9)11(16)14-10-4-3-5-13-15-10/h3-5,8-9,12H,2,6-7H2,1H3,(H,14,15,16). The Hall–Kier alpha value is -1.53. The number of hydrogen-bond donors (Lipinski definition) is 2. The summed E-state index contributed by atoms with van der Waals surface area (Å²) in [5.74, 6) is 0.227. The Balaban J connectivity index is 1.95. The molecule has 1 fully saturated rings. The number of nitrogens with one attached hydrogen (secondary N) is 2. The number of likely N-dealkylation sites (N-methyl/N-ethyl adjacent to an activating group) is 1. The molecule has 2 rings (SSSR count). The molecule has 17 heavy (non-hydrogen) atoms. The molecule has 0 bridgehead atoms. The second-order valence-corrected chi connectivity index (χ2v) is 3.91. The molecule has 1 saturated heterocycles. The van der Waals surface area contributed by atoms with E-state index in [0.717, 1.165) is 6.54 Å². The fourth-order valence-electron chi connectivity index (χ4n) is 1.86. The number of rotatable bonds is 4. The molecule has 92 valence electrons. The van der Waals surface area contributed by atoms with Gasteiger partial charge in [0.2, 0.25) is 5.91 Å². The lowest BCUT2D eigenvalue weighted by atomic mass is 10.0. The molecular formula is C11H16N4O2. The van der Waals surface area contributed by atoms with Gasteiger partial charge in [0.1, 0.15) is 0 Å². The quantitative estimate of drug-likeness (QED) is 0.772. The van der Waals surface area contributed by atoms with Gasteiger partial charge in [0.15, 0.2) is 5.82 Å². The summed E-state index contributed by atoms with van der Waals surface area (Å²) in [6, 6.07) is 3.52. The highest BCUT2D eigenvalue weighted by molar-refractivity contribution is 5.92. The Morgan fingerprint density at radius 2 is 2.47 bits per heavy atom. The Morgan fingerprint density at radius 3 is 3.18 bits per heavy atom. The Kier molecular flexibility index (Phi) is 4.00. The van der Waals surface area contributed by atoms with Gasteiger partial charge in [0, 0.05) is 12.2 Å². The second-order valence-electron chi connectivity index (χ2n) is 3.91. The molecule has 0 spiro atoms. The summed E-state index contributed by atoms with van der Waals surface area (Å²) in [5.41, 5.74) is 0. The Morgan fingerprint density at radius 1 is 1.59 bits per heavy atom. The van der Waals surface area contributed by atoms with Crippen molar-refractivity contribution >= 4 is 11.7 Å². The van der Waals surface area contributed by atoms with Crippen molar-refractivity contribution in [3.63, 3.8) is 0 Å². The third kappa shape index (κ3) is 2.98. The van der Waals surface area contributed by atoms with E-state index >= 15 is 0 Å². The van der Waals surface area contributed by atoms with E-state index in [1.165, 1.54) is 0 Å². The number of carbonyl (C=O) groups is 1. The van der Waals surface area contributed by atoms with Crippen molar-refractivity contribution in [2.24, 2.45) is 5.92 Å². The van der Waals surface area contributed by atoms with Crippen LogP contribution in [-0.4, -0.2) is 41.9 Å². The van der Waals surface area contributed by atoms with Gasteiger partial charge < -0.3 is 15.4 Å². The third-order valence-corrected chi connectivity index (χ3v) is 2.71. The summed E-state index contributed by atoms with van der Waals surface area (Å²) in [6.07, 6.45) is 1.57. The van der Waals surface area contributed by atoms with Crippen molar-refractivity contribution in [3.8, 4) is 0 Å². The molecule has 1 aromatic heterocycles. The predicted molar refractivity (Wildman–Crippen MR) is 62.4 cm³/mol. The van der Waals surface area contributed by atoms with Crippen LogP contribution in [0.25, 0.3) is 0 Å². The van der Waals surface area contributed by atoms with Gasteiger partial charge in [0.25, 0.3) is 0 Å². The van der Waals surface area contributed by atoms with Crippen LogP contribution in [0, 0.1) is 5.92 Å². The molecule has 0 saturated carbocycles. The topological polar surface area (TPSA) is 76.1 Å². The van der Waals surface area contributed by atoms with Crippen molar-refractivity contribution in [1.82, 2.24) is 15.5 Å². The average Bonchev–Trinajstić information content (AvgIpc) is 2.79. The zero-order valence-electron chi connectivity index (χ0n) is 9.72. The van der Waals surface area contributed by atoms with Crippen molar-refractivity contribution in [1.29, 1.82) is 0 Å². The number of amides is 1. The van der Waals surface area contributed by atoms with Crippen LogP contribution < -0.4 is 10.6 Å². The van der Waals surface area contributed by atoms with Crippen LogP contribution in [0.3, 0.4) is 0 Å². The van der Waals surface area contributed by atoms with Crippen molar-refractivity contribution in [2.45, 2.75) is 13.0 Å². The largest absolute Gasteiger partial charge is 0.379 e. The minimum Gasteiger partial charge on any atom is -0.379 e. The number of nitrogens with zero attached hydrogens (tertiary/aromatic N) is 2. The van der Waals surface area contributed by atoms with Crippen molar-refractivity contribution in [3.05, 3.63) is 18.3 Å². The van der Waals surface area contributed by atoms with E-state index in [2.05, 4.69) is 20.8 Å². The molecular weight excluding hydrogens is 220 g/mol. The van der Waals surface area contributed by atoms with Gasteiger partial charge in [-0.1, -0.05) is 6.92 Å². The average molecular weight is 236 g/mol. The van der Waals surface area contributed by atoms with Gasteiger partial charge >= 0.3 is 0 Å². The number of carbonyl (C=O) groups excluding carboxylic acids is 1. The Labute approximate surface area is 99.8 Å². The van der Waals surface area contributed by atoms with Crippen LogP contribution in [-0.2, 0) is 9.53 Å². The highest BCUT2D eigenvalue weighted by atomic mass is 16.5. The minimum absolute atomic E-state index is 0.0750. The maximum absolute atomic E-state index is 12.0. The summed E-state index contributed by atoms with van der Waals surface area (Å²) in [4.78, 5) is 12.0. The zero-order valence-corrected chi connectivity index (χ0v) is 9.72. The van der Waals surface area contributed by atoms with E-state index in [1.807, 2.05) is 6.92 Å². The molecule has 6 heteroatoms.